The summed E-state index contributed by atoms with van der Waals surface area (Å²) in [5, 5.41) is 0. The second kappa shape index (κ2) is 4.52. The highest BCUT2D eigenvalue weighted by molar-refractivity contribution is 7.93. The third-order valence-electron chi connectivity index (χ3n) is 3.61. The monoisotopic (exact) mass is 288 g/mol. The van der Waals surface area contributed by atoms with Gasteiger partial charge in [0.25, 0.3) is 10.0 Å². The number of hydrogen-bond acceptors (Lipinski definition) is 3. The van der Waals surface area contributed by atoms with Crippen molar-refractivity contribution in [1.29, 1.82) is 0 Å². The second-order valence-electron chi connectivity index (χ2n) is 4.98. The molecular weight excluding hydrogens is 272 g/mol. The lowest BCUT2D eigenvalue weighted by atomic mass is 10.2. The van der Waals surface area contributed by atoms with Crippen LogP contribution in [0.25, 0.3) is 0 Å². The molecule has 20 heavy (non-hydrogen) atoms. The van der Waals surface area contributed by atoms with Crippen molar-refractivity contribution in [1.82, 2.24) is 0 Å². The molecule has 104 valence electrons. The maximum absolute atomic E-state index is 12.8. The highest BCUT2D eigenvalue weighted by Gasteiger charge is 2.31. The van der Waals surface area contributed by atoms with Gasteiger partial charge in [0.15, 0.2) is 0 Å². The molecule has 0 amide bonds. The second-order valence-corrected chi connectivity index (χ2v) is 6.81. The fraction of sp³-hybridized carbons (Fsp3) is 0.200. The van der Waals surface area contributed by atoms with E-state index in [4.69, 9.17) is 5.73 Å². The van der Waals surface area contributed by atoms with Crippen molar-refractivity contribution in [2.75, 3.05) is 16.6 Å². The summed E-state index contributed by atoms with van der Waals surface area (Å²) in [5.41, 5.74) is 8.79. The van der Waals surface area contributed by atoms with Crippen LogP contribution in [0.3, 0.4) is 0 Å². The number of anilines is 2. The van der Waals surface area contributed by atoms with E-state index in [0.717, 1.165) is 17.7 Å². The molecule has 5 heteroatoms. The zero-order valence-corrected chi connectivity index (χ0v) is 12.0. The molecule has 2 aromatic rings. The first-order valence-corrected chi connectivity index (χ1v) is 7.91. The smallest absolute Gasteiger partial charge is 0.264 e. The fourth-order valence-corrected chi connectivity index (χ4v) is 4.35. The first-order valence-electron chi connectivity index (χ1n) is 6.47. The van der Waals surface area contributed by atoms with Gasteiger partial charge in [-0.3, -0.25) is 4.31 Å². The molecule has 4 nitrogen and oxygen atoms in total. The van der Waals surface area contributed by atoms with Gasteiger partial charge in [0.05, 0.1) is 10.6 Å². The fourth-order valence-electron chi connectivity index (χ4n) is 2.64. The SMILES string of the molecule is Cc1cc(N)ccc1S(=O)(=O)N1CCc2ccccc21. The number of para-hydroxylation sites is 1. The highest BCUT2D eigenvalue weighted by atomic mass is 32.2. The number of nitrogens with zero attached hydrogens (tertiary/aromatic N) is 1. The standard InChI is InChI=1S/C15H16N2O2S/c1-11-10-13(16)6-7-15(11)20(18,19)17-9-8-12-4-2-3-5-14(12)17/h2-7,10H,8-9,16H2,1H3. The van der Waals surface area contributed by atoms with Gasteiger partial charge in [-0.15, -0.1) is 0 Å². The van der Waals surface area contributed by atoms with Gasteiger partial charge in [0.2, 0.25) is 0 Å². The molecule has 0 spiro atoms. The summed E-state index contributed by atoms with van der Waals surface area (Å²) >= 11 is 0. The van der Waals surface area contributed by atoms with Crippen LogP contribution in [0.4, 0.5) is 11.4 Å². The zero-order valence-electron chi connectivity index (χ0n) is 11.2. The molecule has 1 aliphatic heterocycles. The van der Waals surface area contributed by atoms with Gasteiger partial charge in [-0.1, -0.05) is 18.2 Å². The minimum atomic E-state index is -3.52. The summed E-state index contributed by atoms with van der Waals surface area (Å²) in [6.45, 7) is 2.26. The number of benzene rings is 2. The summed E-state index contributed by atoms with van der Waals surface area (Å²) in [5.74, 6) is 0. The van der Waals surface area contributed by atoms with Crippen molar-refractivity contribution < 1.29 is 8.42 Å². The van der Waals surface area contributed by atoms with E-state index in [1.165, 1.54) is 4.31 Å². The Morgan fingerprint density at radius 3 is 2.65 bits per heavy atom. The quantitative estimate of drug-likeness (QED) is 0.863. The average molecular weight is 288 g/mol. The third kappa shape index (κ3) is 1.94. The Bertz CT molecular complexity index is 769. The van der Waals surface area contributed by atoms with Gasteiger partial charge in [-0.25, -0.2) is 8.42 Å². The number of fused-ring (bicyclic) bond motifs is 1. The molecule has 0 saturated heterocycles. The summed E-state index contributed by atoms with van der Waals surface area (Å²) in [4.78, 5) is 0.323. The third-order valence-corrected chi connectivity index (χ3v) is 5.58. The molecule has 0 fully saturated rings. The summed E-state index contributed by atoms with van der Waals surface area (Å²) in [7, 11) is -3.52. The van der Waals surface area contributed by atoms with Crippen molar-refractivity contribution >= 4 is 21.4 Å². The predicted molar refractivity (Wildman–Crippen MR) is 80.3 cm³/mol. The predicted octanol–water partition coefficient (Wildman–Crippen LogP) is 2.33. The van der Waals surface area contributed by atoms with Gasteiger partial charge in [0, 0.05) is 12.2 Å². The number of aryl methyl sites for hydroxylation is 1. The Kier molecular flexibility index (Phi) is 2.94. The Morgan fingerprint density at radius 1 is 1.15 bits per heavy atom. The largest absolute Gasteiger partial charge is 0.399 e. The Hall–Kier alpha value is -2.01. The van der Waals surface area contributed by atoms with Gasteiger partial charge in [0.1, 0.15) is 0 Å². The minimum absolute atomic E-state index is 0.323. The lowest BCUT2D eigenvalue weighted by Gasteiger charge is -2.20. The van der Waals surface area contributed by atoms with Crippen LogP contribution >= 0.6 is 0 Å². The van der Waals surface area contributed by atoms with E-state index in [2.05, 4.69) is 0 Å². The number of hydrogen-bond donors (Lipinski definition) is 1. The van der Waals surface area contributed by atoms with Crippen molar-refractivity contribution in [3.63, 3.8) is 0 Å². The van der Waals surface area contributed by atoms with Crippen LogP contribution in [0.5, 0.6) is 0 Å². The van der Waals surface area contributed by atoms with Crippen LogP contribution in [0, 0.1) is 6.92 Å². The van der Waals surface area contributed by atoms with Crippen LogP contribution in [0.15, 0.2) is 47.4 Å². The normalized spacial score (nSPS) is 14.3. The molecule has 3 rings (SSSR count). The van der Waals surface area contributed by atoms with Crippen LogP contribution < -0.4 is 10.0 Å². The maximum Gasteiger partial charge on any atom is 0.264 e. The lowest BCUT2D eigenvalue weighted by Crippen LogP contribution is -2.29. The molecule has 2 aromatic carbocycles. The zero-order chi connectivity index (χ0) is 14.3. The molecule has 0 unspecified atom stereocenters. The lowest BCUT2D eigenvalue weighted by molar-refractivity contribution is 0.592. The van der Waals surface area contributed by atoms with E-state index >= 15 is 0 Å². The number of nitrogens with two attached hydrogens (primary N) is 1. The van der Waals surface area contributed by atoms with E-state index < -0.39 is 10.0 Å². The molecule has 0 saturated carbocycles. The molecular formula is C15H16N2O2S. The van der Waals surface area contributed by atoms with Gasteiger partial charge >= 0.3 is 0 Å². The summed E-state index contributed by atoms with van der Waals surface area (Å²) < 4.78 is 27.1. The molecule has 0 radical (unpaired) electrons. The molecule has 0 bridgehead atoms. The van der Waals surface area contributed by atoms with Crippen LogP contribution in [0.2, 0.25) is 0 Å². The topological polar surface area (TPSA) is 63.4 Å². The molecule has 1 aliphatic rings. The van der Waals surface area contributed by atoms with Crippen molar-refractivity contribution in [2.45, 2.75) is 18.2 Å². The Labute approximate surface area is 118 Å². The number of sulfonamides is 1. The van der Waals surface area contributed by atoms with Crippen LogP contribution in [-0.4, -0.2) is 15.0 Å². The van der Waals surface area contributed by atoms with E-state index in [-0.39, 0.29) is 0 Å². The molecule has 0 aliphatic carbocycles. The maximum atomic E-state index is 12.8. The van der Waals surface area contributed by atoms with Crippen molar-refractivity contribution in [2.24, 2.45) is 0 Å². The number of nitrogen functional groups attached to an aromatic ring is 1. The minimum Gasteiger partial charge on any atom is -0.399 e. The summed E-state index contributed by atoms with van der Waals surface area (Å²) in [6, 6.07) is 12.5. The molecule has 2 N–H and O–H groups in total. The van der Waals surface area contributed by atoms with E-state index in [1.54, 1.807) is 25.1 Å². The van der Waals surface area contributed by atoms with E-state index in [0.29, 0.717) is 22.7 Å². The first kappa shape index (κ1) is 13.0. The first-order chi connectivity index (χ1) is 9.50. The van der Waals surface area contributed by atoms with Gasteiger partial charge in [-0.2, -0.15) is 0 Å². The average Bonchev–Trinajstić information content (AvgIpc) is 2.82. The van der Waals surface area contributed by atoms with Crippen molar-refractivity contribution in [3.05, 3.63) is 53.6 Å². The molecule has 0 aromatic heterocycles. The van der Waals surface area contributed by atoms with Crippen LogP contribution in [0.1, 0.15) is 11.1 Å². The summed E-state index contributed by atoms with van der Waals surface area (Å²) in [6.07, 6.45) is 0.753. The van der Waals surface area contributed by atoms with Gasteiger partial charge in [-0.05, 0) is 48.7 Å². The molecule has 1 heterocycles. The van der Waals surface area contributed by atoms with Crippen molar-refractivity contribution in [3.8, 4) is 0 Å². The Balaban J connectivity index is 2.10. The molecule has 0 atom stereocenters. The number of rotatable bonds is 2. The van der Waals surface area contributed by atoms with Crippen LogP contribution in [-0.2, 0) is 16.4 Å². The Morgan fingerprint density at radius 2 is 1.90 bits per heavy atom. The van der Waals surface area contributed by atoms with E-state index in [1.807, 2.05) is 24.3 Å². The van der Waals surface area contributed by atoms with E-state index in [9.17, 15) is 8.42 Å². The van der Waals surface area contributed by atoms with Gasteiger partial charge < -0.3 is 5.73 Å². The highest BCUT2D eigenvalue weighted by Crippen LogP contribution is 2.33.